The molecule has 1 N–H and O–H groups in total. The molecule has 0 amide bonds. The second-order valence-electron chi connectivity index (χ2n) is 7.10. The zero-order valence-electron chi connectivity index (χ0n) is 15.4. The van der Waals surface area contributed by atoms with Gasteiger partial charge in [-0.3, -0.25) is 9.78 Å². The van der Waals surface area contributed by atoms with Gasteiger partial charge in [0, 0.05) is 19.7 Å². The van der Waals surface area contributed by atoms with Crippen LogP contribution in [0, 0.1) is 0 Å². The van der Waals surface area contributed by atoms with Gasteiger partial charge in [-0.25, -0.2) is 9.67 Å². The van der Waals surface area contributed by atoms with Crippen LogP contribution in [0.4, 0.5) is 0 Å². The van der Waals surface area contributed by atoms with Gasteiger partial charge >= 0.3 is 7.12 Å². The number of hydrogen-bond acceptors (Lipinski definition) is 6. The molecule has 0 unspecified atom stereocenters. The molecule has 3 aromatic rings. The summed E-state index contributed by atoms with van der Waals surface area (Å²) >= 11 is 0. The van der Waals surface area contributed by atoms with Crippen molar-refractivity contribution in [3.63, 3.8) is 0 Å². The van der Waals surface area contributed by atoms with Crippen LogP contribution in [-0.4, -0.2) is 37.7 Å². The van der Waals surface area contributed by atoms with Crippen molar-refractivity contribution in [1.29, 1.82) is 0 Å². The van der Waals surface area contributed by atoms with Crippen LogP contribution in [0.5, 0.6) is 0 Å². The first-order valence-electron chi connectivity index (χ1n) is 8.70. The third-order valence-corrected chi connectivity index (χ3v) is 4.71. The third kappa shape index (κ3) is 3.18. The topological polar surface area (TPSA) is 90.1 Å². The Morgan fingerprint density at radius 1 is 1.30 bits per heavy atom. The van der Waals surface area contributed by atoms with Crippen LogP contribution in [0.25, 0.3) is 11.5 Å². The van der Waals surface area contributed by atoms with Crippen molar-refractivity contribution in [3.8, 4) is 11.5 Å². The van der Waals surface area contributed by atoms with E-state index < -0.39 is 12.7 Å². The molecule has 0 spiro atoms. The van der Waals surface area contributed by atoms with E-state index >= 15 is 0 Å². The standard InChI is InChI=1S/C19H19BN4O3/c1-19(2)13-8-7-12(10-14(13)20(26)27-19)11-16(25)17-22-18(24(3)23-17)15-6-4-5-9-21-15/h4-10,26H,11H2,1-3H3. The number of carbonyl (C=O) groups excluding carboxylic acids is 1. The second kappa shape index (κ2) is 6.40. The molecule has 1 aliphatic heterocycles. The maximum atomic E-state index is 12.7. The predicted molar refractivity (Wildman–Crippen MR) is 100 cm³/mol. The van der Waals surface area contributed by atoms with Crippen LogP contribution < -0.4 is 5.46 Å². The van der Waals surface area contributed by atoms with Crippen LogP contribution in [0.2, 0.25) is 0 Å². The van der Waals surface area contributed by atoms with Crippen LogP contribution in [0.3, 0.4) is 0 Å². The van der Waals surface area contributed by atoms with Crippen LogP contribution in [0.1, 0.15) is 35.6 Å². The Morgan fingerprint density at radius 3 is 2.85 bits per heavy atom. The Hall–Kier alpha value is -2.84. The van der Waals surface area contributed by atoms with Crippen molar-refractivity contribution in [2.24, 2.45) is 7.05 Å². The number of Topliss-reactive ketones (excluding diaryl/α,β-unsaturated/α-hetero) is 1. The Bertz CT molecular complexity index is 1020. The number of nitrogens with zero attached hydrogens (tertiary/aromatic N) is 4. The summed E-state index contributed by atoms with van der Waals surface area (Å²) in [5.74, 6) is 0.495. The van der Waals surface area contributed by atoms with Crippen molar-refractivity contribution in [2.75, 3.05) is 0 Å². The van der Waals surface area contributed by atoms with Crippen molar-refractivity contribution in [2.45, 2.75) is 25.9 Å². The average molecular weight is 362 g/mol. The molecule has 2 aromatic heterocycles. The molecule has 136 valence electrons. The number of ketones is 1. The second-order valence-corrected chi connectivity index (χ2v) is 7.10. The van der Waals surface area contributed by atoms with Crippen LogP contribution in [0.15, 0.2) is 42.6 Å². The van der Waals surface area contributed by atoms with E-state index in [0.29, 0.717) is 17.0 Å². The summed E-state index contributed by atoms with van der Waals surface area (Å²) in [5, 5.41) is 14.4. The molecule has 1 aliphatic rings. The van der Waals surface area contributed by atoms with Gasteiger partial charge in [0.25, 0.3) is 0 Å². The molecule has 27 heavy (non-hydrogen) atoms. The lowest BCUT2D eigenvalue weighted by atomic mass is 9.77. The quantitative estimate of drug-likeness (QED) is 0.555. The molecule has 0 saturated heterocycles. The first kappa shape index (κ1) is 17.6. The van der Waals surface area contributed by atoms with Crippen molar-refractivity contribution in [1.82, 2.24) is 19.7 Å². The minimum Gasteiger partial charge on any atom is -0.423 e. The highest BCUT2D eigenvalue weighted by Crippen LogP contribution is 2.30. The van der Waals surface area contributed by atoms with Gasteiger partial charge in [0.1, 0.15) is 5.69 Å². The summed E-state index contributed by atoms with van der Waals surface area (Å²) in [6.07, 6.45) is 1.82. The lowest BCUT2D eigenvalue weighted by Crippen LogP contribution is -2.29. The first-order chi connectivity index (χ1) is 12.8. The number of hydrogen-bond donors (Lipinski definition) is 1. The minimum atomic E-state index is -0.978. The highest BCUT2D eigenvalue weighted by molar-refractivity contribution is 6.62. The Morgan fingerprint density at radius 2 is 2.11 bits per heavy atom. The lowest BCUT2D eigenvalue weighted by Gasteiger charge is -2.19. The summed E-state index contributed by atoms with van der Waals surface area (Å²) in [6.45, 7) is 3.81. The number of benzene rings is 1. The number of pyridine rings is 1. The van der Waals surface area contributed by atoms with Crippen molar-refractivity contribution >= 4 is 18.4 Å². The van der Waals surface area contributed by atoms with E-state index in [2.05, 4.69) is 15.1 Å². The van der Waals surface area contributed by atoms with Crippen molar-refractivity contribution < 1.29 is 14.5 Å². The molecule has 0 fully saturated rings. The Labute approximate surface area is 157 Å². The highest BCUT2D eigenvalue weighted by Gasteiger charge is 2.40. The number of rotatable bonds is 4. The van der Waals surface area contributed by atoms with Gasteiger partial charge in [-0.2, -0.15) is 0 Å². The normalized spacial score (nSPS) is 15.0. The largest absolute Gasteiger partial charge is 0.492 e. The average Bonchev–Trinajstić information content (AvgIpc) is 3.13. The summed E-state index contributed by atoms with van der Waals surface area (Å²) < 4.78 is 7.12. The third-order valence-electron chi connectivity index (χ3n) is 4.71. The molecule has 0 radical (unpaired) electrons. The fourth-order valence-corrected chi connectivity index (χ4v) is 3.37. The van der Waals surface area contributed by atoms with Gasteiger partial charge in [-0.05, 0) is 42.6 Å². The number of fused-ring (bicyclic) bond motifs is 1. The smallest absolute Gasteiger partial charge is 0.423 e. The highest BCUT2D eigenvalue weighted by atomic mass is 16.5. The molecule has 8 heteroatoms. The monoisotopic (exact) mass is 362 g/mol. The number of aromatic nitrogens is 4. The SMILES string of the molecule is Cn1nc(C(=O)Cc2ccc3c(c2)B(O)OC3(C)C)nc1-c1ccccn1. The molecule has 1 aromatic carbocycles. The molecule has 0 atom stereocenters. The van der Waals surface area contributed by atoms with E-state index in [1.165, 1.54) is 0 Å². The molecule has 7 nitrogen and oxygen atoms in total. The maximum Gasteiger partial charge on any atom is 0.492 e. The summed E-state index contributed by atoms with van der Waals surface area (Å²) in [6, 6.07) is 11.1. The fraction of sp³-hybridized carbons (Fsp3) is 0.263. The first-order valence-corrected chi connectivity index (χ1v) is 8.70. The summed E-state index contributed by atoms with van der Waals surface area (Å²) in [5.41, 5.74) is 2.53. The van der Waals surface area contributed by atoms with Crippen molar-refractivity contribution in [3.05, 3.63) is 59.5 Å². The van der Waals surface area contributed by atoms with Gasteiger partial charge in [0.15, 0.2) is 5.82 Å². The maximum absolute atomic E-state index is 12.7. The van der Waals surface area contributed by atoms with E-state index in [1.54, 1.807) is 17.9 Å². The van der Waals surface area contributed by atoms with E-state index in [-0.39, 0.29) is 18.0 Å². The van der Waals surface area contributed by atoms with E-state index in [4.69, 9.17) is 4.65 Å². The van der Waals surface area contributed by atoms with Crippen LogP contribution in [-0.2, 0) is 23.7 Å². The molecule has 4 rings (SSSR count). The molecule has 0 aliphatic carbocycles. The molecular weight excluding hydrogens is 343 g/mol. The Kier molecular flexibility index (Phi) is 4.17. The Balaban J connectivity index is 1.58. The number of carbonyl (C=O) groups is 1. The van der Waals surface area contributed by atoms with Gasteiger partial charge in [-0.1, -0.05) is 24.3 Å². The molecule has 3 heterocycles. The molecule has 0 bridgehead atoms. The van der Waals surface area contributed by atoms with E-state index in [9.17, 15) is 9.82 Å². The fourth-order valence-electron chi connectivity index (χ4n) is 3.37. The minimum absolute atomic E-state index is 0.145. The van der Waals surface area contributed by atoms with Gasteiger partial charge in [-0.15, -0.1) is 5.10 Å². The van der Waals surface area contributed by atoms with Crippen LogP contribution >= 0.6 is 0 Å². The zero-order chi connectivity index (χ0) is 19.2. The lowest BCUT2D eigenvalue weighted by molar-refractivity contribution is 0.0982. The zero-order valence-corrected chi connectivity index (χ0v) is 15.4. The summed E-state index contributed by atoms with van der Waals surface area (Å²) in [4.78, 5) is 21.3. The number of aryl methyl sites for hydroxylation is 1. The predicted octanol–water partition coefficient (Wildman–Crippen LogP) is 1.26. The van der Waals surface area contributed by atoms with Gasteiger partial charge in [0.05, 0.1) is 5.60 Å². The molecular formula is C19H19BN4O3. The van der Waals surface area contributed by atoms with Gasteiger partial charge in [0.2, 0.25) is 11.6 Å². The van der Waals surface area contributed by atoms with E-state index in [1.807, 2.05) is 50.2 Å². The van der Waals surface area contributed by atoms with E-state index in [0.717, 1.165) is 11.1 Å². The van der Waals surface area contributed by atoms with Gasteiger partial charge < -0.3 is 9.68 Å². The summed E-state index contributed by atoms with van der Waals surface area (Å²) in [7, 11) is 0.757. The molecule has 0 saturated carbocycles.